The van der Waals surface area contributed by atoms with Crippen molar-refractivity contribution in [2.75, 3.05) is 13.2 Å². The first-order chi connectivity index (χ1) is 22.5. The molecule has 0 N–H and O–H groups in total. The number of nitrogens with zero attached hydrogens (tertiary/aromatic N) is 3. The molecule has 1 rings (SSSR count). The minimum absolute atomic E-state index is 0.0130. The van der Waals surface area contributed by atoms with Crippen LogP contribution in [-0.2, 0) is 38.7 Å². The van der Waals surface area contributed by atoms with Crippen LogP contribution in [0.4, 0.5) is 0 Å². The van der Waals surface area contributed by atoms with Gasteiger partial charge in [0.2, 0.25) is 0 Å². The highest BCUT2D eigenvalue weighted by molar-refractivity contribution is 5.69. The summed E-state index contributed by atoms with van der Waals surface area (Å²) in [6.07, 6.45) is 6.54. The summed E-state index contributed by atoms with van der Waals surface area (Å²) in [7, 11) is 0. The van der Waals surface area contributed by atoms with E-state index in [1.165, 1.54) is 0 Å². The molecular weight excluding hydrogens is 622 g/mol. The molecule has 0 aliphatic rings. The van der Waals surface area contributed by atoms with Crippen molar-refractivity contribution >= 4 is 11.9 Å². The van der Waals surface area contributed by atoms with Crippen molar-refractivity contribution in [2.24, 2.45) is 33.5 Å². The van der Waals surface area contributed by atoms with Crippen molar-refractivity contribution in [1.29, 1.82) is 0 Å². The second kappa shape index (κ2) is 19.1. The molecule has 0 saturated carbocycles. The van der Waals surface area contributed by atoms with Gasteiger partial charge in [0.15, 0.2) is 0 Å². The lowest BCUT2D eigenvalue weighted by Crippen LogP contribution is -2.54. The Labute approximate surface area is 296 Å². The molecule has 1 heterocycles. The normalized spacial score (nSPS) is 13.0. The van der Waals surface area contributed by atoms with Crippen LogP contribution in [0.25, 0.3) is 0 Å². The predicted molar refractivity (Wildman–Crippen MR) is 198 cm³/mol. The Morgan fingerprint density at radius 3 is 1.35 bits per heavy atom. The third kappa shape index (κ3) is 15.0. The summed E-state index contributed by atoms with van der Waals surface area (Å²) in [5.74, 6) is -0.120. The van der Waals surface area contributed by atoms with Gasteiger partial charge in [-0.05, 0) is 73.0 Å². The fourth-order valence-electron chi connectivity index (χ4n) is 7.89. The molecule has 0 amide bonds. The van der Waals surface area contributed by atoms with Crippen molar-refractivity contribution in [1.82, 2.24) is 13.7 Å². The summed E-state index contributed by atoms with van der Waals surface area (Å²) < 4.78 is 14.2. The second-order valence-corrected chi connectivity index (χ2v) is 17.8. The van der Waals surface area contributed by atoms with E-state index in [2.05, 4.69) is 83.1 Å². The van der Waals surface area contributed by atoms with Gasteiger partial charge >= 0.3 is 29.0 Å². The molecule has 0 fully saturated rings. The first-order valence-electron chi connectivity index (χ1n) is 18.8. The molecule has 10 heteroatoms. The molecule has 0 unspecified atom stereocenters. The zero-order valence-corrected chi connectivity index (χ0v) is 33.5. The van der Waals surface area contributed by atoms with Crippen LogP contribution in [-0.4, -0.2) is 38.9 Å². The smallest absolute Gasteiger partial charge is 0.336 e. The van der Waals surface area contributed by atoms with E-state index in [9.17, 15) is 24.0 Å². The van der Waals surface area contributed by atoms with Crippen LogP contribution in [0.15, 0.2) is 14.4 Å². The minimum atomic E-state index is -0.842. The van der Waals surface area contributed by atoms with E-state index in [4.69, 9.17) is 9.47 Å². The lowest BCUT2D eigenvalue weighted by atomic mass is 9.63. The average molecular weight is 694 g/mol. The van der Waals surface area contributed by atoms with Crippen LogP contribution in [0.5, 0.6) is 0 Å². The molecule has 1 aromatic heterocycles. The van der Waals surface area contributed by atoms with Gasteiger partial charge in [-0.15, -0.1) is 0 Å². The molecule has 0 radical (unpaired) electrons. The topological polar surface area (TPSA) is 119 Å². The van der Waals surface area contributed by atoms with Gasteiger partial charge in [0.1, 0.15) is 0 Å². The van der Waals surface area contributed by atoms with Crippen molar-refractivity contribution in [2.45, 2.75) is 174 Å². The lowest BCUT2D eigenvalue weighted by molar-refractivity contribution is -0.148. The summed E-state index contributed by atoms with van der Waals surface area (Å²) in [5, 5.41) is 0. The van der Waals surface area contributed by atoms with Crippen molar-refractivity contribution in [3.8, 4) is 0 Å². The van der Waals surface area contributed by atoms with Gasteiger partial charge in [0.25, 0.3) is 0 Å². The standard InChI is InChI=1S/C39H71N3O7/c1-14-20-40-33(45)41(21-17-31(43)48-23-19-38(15-2,26-36(8,9)10)27-37(11,12)13)35(47)42(34(40)46)22-18-32(44)49-28-39(16-3,24-29(4)5)25-30(6)7/h29-30H,14-28H2,1-13H3. The van der Waals surface area contributed by atoms with Crippen LogP contribution < -0.4 is 17.1 Å². The first kappa shape index (κ1) is 44.4. The van der Waals surface area contributed by atoms with Crippen LogP contribution in [0.1, 0.15) is 154 Å². The van der Waals surface area contributed by atoms with Crippen LogP contribution in [0, 0.1) is 33.5 Å². The zero-order valence-electron chi connectivity index (χ0n) is 33.5. The van der Waals surface area contributed by atoms with E-state index in [0.717, 1.165) is 58.6 Å². The molecule has 0 bridgehead atoms. The van der Waals surface area contributed by atoms with E-state index in [-0.39, 0.29) is 67.3 Å². The molecule has 1 aromatic rings. The number of hydrogen-bond acceptors (Lipinski definition) is 7. The molecule has 10 nitrogen and oxygen atoms in total. The number of rotatable bonds is 21. The Balaban J connectivity index is 3.11. The average Bonchev–Trinajstić information content (AvgIpc) is 2.95. The van der Waals surface area contributed by atoms with Gasteiger partial charge in [-0.3, -0.25) is 9.59 Å². The van der Waals surface area contributed by atoms with E-state index in [0.29, 0.717) is 18.3 Å². The molecule has 0 aliphatic heterocycles. The van der Waals surface area contributed by atoms with E-state index >= 15 is 0 Å². The number of esters is 2. The van der Waals surface area contributed by atoms with Gasteiger partial charge in [-0.25, -0.2) is 28.1 Å². The SMILES string of the molecule is CCCn1c(=O)n(CCC(=O)OCCC(CC)(CC(C)(C)C)CC(C)(C)C)c(=O)n(CCC(=O)OCC(CC)(CC(C)C)CC(C)C)c1=O. The molecule has 0 aromatic carbocycles. The van der Waals surface area contributed by atoms with E-state index in [1.807, 2.05) is 6.92 Å². The van der Waals surface area contributed by atoms with Crippen LogP contribution in [0.3, 0.4) is 0 Å². The fraction of sp³-hybridized carbons (Fsp3) is 0.872. The Kier molecular flexibility index (Phi) is 17.3. The van der Waals surface area contributed by atoms with Gasteiger partial charge in [-0.1, -0.05) is 96.4 Å². The Morgan fingerprint density at radius 1 is 0.612 bits per heavy atom. The van der Waals surface area contributed by atoms with Crippen LogP contribution >= 0.6 is 0 Å². The van der Waals surface area contributed by atoms with Crippen molar-refractivity contribution < 1.29 is 19.1 Å². The number of carbonyl (C=O) groups excluding carboxylic acids is 2. The highest BCUT2D eigenvalue weighted by Gasteiger charge is 2.37. The molecule has 0 saturated heterocycles. The third-order valence-electron chi connectivity index (χ3n) is 9.34. The molecular formula is C39H71N3O7. The monoisotopic (exact) mass is 694 g/mol. The highest BCUT2D eigenvalue weighted by atomic mass is 16.5. The van der Waals surface area contributed by atoms with Crippen LogP contribution in [0.2, 0.25) is 0 Å². The number of hydrogen-bond donors (Lipinski definition) is 0. The number of carbonyl (C=O) groups is 2. The second-order valence-electron chi connectivity index (χ2n) is 17.8. The molecule has 284 valence electrons. The third-order valence-corrected chi connectivity index (χ3v) is 9.34. The number of ether oxygens (including phenoxy) is 2. The van der Waals surface area contributed by atoms with E-state index in [1.54, 1.807) is 0 Å². The Morgan fingerprint density at radius 2 is 1.00 bits per heavy atom. The van der Waals surface area contributed by atoms with Gasteiger partial charge in [0.05, 0.1) is 26.1 Å². The van der Waals surface area contributed by atoms with Gasteiger partial charge in [0, 0.05) is 25.0 Å². The summed E-state index contributed by atoms with van der Waals surface area (Å²) >= 11 is 0. The maximum absolute atomic E-state index is 13.5. The zero-order chi connectivity index (χ0) is 37.8. The van der Waals surface area contributed by atoms with Crippen molar-refractivity contribution in [3.63, 3.8) is 0 Å². The fourth-order valence-corrected chi connectivity index (χ4v) is 7.89. The Bertz CT molecular complexity index is 1340. The Hall–Kier alpha value is -2.65. The summed E-state index contributed by atoms with van der Waals surface area (Å²) in [5.41, 5.74) is -2.26. The maximum atomic E-state index is 13.5. The summed E-state index contributed by atoms with van der Waals surface area (Å²) in [4.78, 5) is 65.8. The quantitative estimate of drug-likeness (QED) is 0.122. The van der Waals surface area contributed by atoms with Crippen molar-refractivity contribution in [3.05, 3.63) is 31.5 Å². The number of aromatic nitrogens is 3. The minimum Gasteiger partial charge on any atom is -0.466 e. The van der Waals surface area contributed by atoms with Gasteiger partial charge in [-0.2, -0.15) is 0 Å². The lowest BCUT2D eigenvalue weighted by Gasteiger charge is -2.42. The molecule has 0 atom stereocenters. The molecule has 0 spiro atoms. The molecule has 0 aliphatic carbocycles. The summed E-state index contributed by atoms with van der Waals surface area (Å²) in [6, 6.07) is 0. The van der Waals surface area contributed by atoms with Gasteiger partial charge < -0.3 is 9.47 Å². The predicted octanol–water partition coefficient (Wildman–Crippen LogP) is 7.60. The first-order valence-corrected chi connectivity index (χ1v) is 18.8. The largest absolute Gasteiger partial charge is 0.466 e. The molecule has 49 heavy (non-hydrogen) atoms. The maximum Gasteiger partial charge on any atom is 0.336 e. The summed E-state index contributed by atoms with van der Waals surface area (Å²) in [6.45, 7) is 28.4. The van der Waals surface area contributed by atoms with E-state index < -0.39 is 29.0 Å². The highest BCUT2D eigenvalue weighted by Crippen LogP contribution is 2.47.